The lowest BCUT2D eigenvalue weighted by Gasteiger charge is -2.28. The van der Waals surface area contributed by atoms with Crippen LogP contribution in [0, 0.1) is 0 Å². The number of thiocarbonyl (C=S) groups is 1. The Bertz CT molecular complexity index is 611. The van der Waals surface area contributed by atoms with Crippen molar-refractivity contribution in [3.05, 3.63) is 28.8 Å². The van der Waals surface area contributed by atoms with Gasteiger partial charge in [-0.15, -0.1) is 0 Å². The van der Waals surface area contributed by atoms with E-state index in [0.29, 0.717) is 18.4 Å². The molecule has 0 atom stereocenters. The van der Waals surface area contributed by atoms with Crippen LogP contribution < -0.4 is 10.5 Å². The summed E-state index contributed by atoms with van der Waals surface area (Å²) in [7, 11) is -3.68. The Labute approximate surface area is 130 Å². The standard InChI is InChI=1S/C13H19ClN2O2S2/c1-4-13(3,5-2)16-20(17,18)11-7-6-9(12(15)19)8-10(11)14/h6-8,16H,4-5H2,1-3H3,(H2,15,19). The summed E-state index contributed by atoms with van der Waals surface area (Å²) in [5.74, 6) is 0. The van der Waals surface area contributed by atoms with Crippen molar-refractivity contribution < 1.29 is 8.42 Å². The minimum absolute atomic E-state index is 0.0345. The fraction of sp³-hybridized carbons (Fsp3) is 0.462. The molecule has 3 N–H and O–H groups in total. The molecule has 0 amide bonds. The lowest BCUT2D eigenvalue weighted by atomic mass is 9.98. The molecule has 0 aliphatic heterocycles. The highest BCUT2D eigenvalue weighted by Crippen LogP contribution is 2.25. The molecule has 0 unspecified atom stereocenters. The minimum atomic E-state index is -3.68. The van der Waals surface area contributed by atoms with Crippen molar-refractivity contribution in [2.24, 2.45) is 5.73 Å². The van der Waals surface area contributed by atoms with E-state index in [-0.39, 0.29) is 14.9 Å². The predicted molar refractivity (Wildman–Crippen MR) is 86.6 cm³/mol. The third-order valence-corrected chi connectivity index (χ3v) is 5.80. The number of halogens is 1. The molecule has 0 aliphatic rings. The number of nitrogens with one attached hydrogen (secondary N) is 1. The molecule has 1 aromatic rings. The molecule has 0 saturated heterocycles. The van der Waals surface area contributed by atoms with Gasteiger partial charge in [-0.25, -0.2) is 13.1 Å². The van der Waals surface area contributed by atoms with Gasteiger partial charge >= 0.3 is 0 Å². The number of benzene rings is 1. The maximum absolute atomic E-state index is 12.4. The van der Waals surface area contributed by atoms with Gasteiger partial charge in [-0.05, 0) is 31.9 Å². The molecule has 0 spiro atoms. The number of nitrogens with two attached hydrogens (primary N) is 1. The van der Waals surface area contributed by atoms with Crippen molar-refractivity contribution in [1.82, 2.24) is 4.72 Å². The Hall–Kier alpha value is -0.690. The zero-order valence-electron chi connectivity index (χ0n) is 11.7. The summed E-state index contributed by atoms with van der Waals surface area (Å²) in [6, 6.07) is 4.44. The second-order valence-electron chi connectivity index (χ2n) is 4.88. The van der Waals surface area contributed by atoms with Crippen molar-refractivity contribution in [2.45, 2.75) is 44.0 Å². The van der Waals surface area contributed by atoms with Gasteiger partial charge in [-0.2, -0.15) is 0 Å². The van der Waals surface area contributed by atoms with E-state index < -0.39 is 15.6 Å². The number of hydrogen-bond donors (Lipinski definition) is 2. The van der Waals surface area contributed by atoms with Crippen LogP contribution in [0.15, 0.2) is 23.1 Å². The molecule has 112 valence electrons. The minimum Gasteiger partial charge on any atom is -0.389 e. The highest BCUT2D eigenvalue weighted by atomic mass is 35.5. The molecule has 20 heavy (non-hydrogen) atoms. The van der Waals surface area contributed by atoms with Crippen LogP contribution in [-0.2, 0) is 10.0 Å². The summed E-state index contributed by atoms with van der Waals surface area (Å²) in [5.41, 5.74) is 5.54. The van der Waals surface area contributed by atoms with E-state index in [2.05, 4.69) is 4.72 Å². The number of rotatable bonds is 6. The molecule has 7 heteroatoms. The van der Waals surface area contributed by atoms with Crippen molar-refractivity contribution >= 4 is 38.8 Å². The maximum Gasteiger partial charge on any atom is 0.242 e. The Morgan fingerprint density at radius 1 is 1.40 bits per heavy atom. The van der Waals surface area contributed by atoms with Gasteiger partial charge in [0.15, 0.2) is 0 Å². The first-order valence-electron chi connectivity index (χ1n) is 6.28. The van der Waals surface area contributed by atoms with Crippen LogP contribution in [0.1, 0.15) is 39.2 Å². The topological polar surface area (TPSA) is 72.2 Å². The molecule has 0 aliphatic carbocycles. The van der Waals surface area contributed by atoms with Crippen LogP contribution in [0.25, 0.3) is 0 Å². The Balaban J connectivity index is 3.20. The summed E-state index contributed by atoms with van der Waals surface area (Å²) < 4.78 is 27.5. The molecule has 1 aromatic carbocycles. The van der Waals surface area contributed by atoms with Crippen molar-refractivity contribution in [3.8, 4) is 0 Å². The summed E-state index contributed by atoms with van der Waals surface area (Å²) >= 11 is 10.9. The average Bonchev–Trinajstić information content (AvgIpc) is 2.37. The molecular formula is C13H19ClN2O2S2. The monoisotopic (exact) mass is 334 g/mol. The van der Waals surface area contributed by atoms with E-state index in [9.17, 15) is 8.42 Å². The summed E-state index contributed by atoms with van der Waals surface area (Å²) in [6.45, 7) is 5.73. The molecular weight excluding hydrogens is 316 g/mol. The maximum atomic E-state index is 12.4. The lowest BCUT2D eigenvalue weighted by Crippen LogP contribution is -2.44. The van der Waals surface area contributed by atoms with E-state index >= 15 is 0 Å². The first kappa shape index (κ1) is 17.4. The normalized spacial score (nSPS) is 12.4. The molecule has 0 aromatic heterocycles. The Kier molecular flexibility index (Phi) is 5.54. The van der Waals surface area contributed by atoms with E-state index in [4.69, 9.17) is 29.6 Å². The molecule has 1 rings (SSSR count). The zero-order chi connectivity index (χ0) is 15.6. The van der Waals surface area contributed by atoms with Crippen LogP contribution in [0.2, 0.25) is 5.02 Å². The van der Waals surface area contributed by atoms with E-state index in [1.54, 1.807) is 6.07 Å². The largest absolute Gasteiger partial charge is 0.389 e. The highest BCUT2D eigenvalue weighted by Gasteiger charge is 2.28. The Morgan fingerprint density at radius 3 is 2.35 bits per heavy atom. The number of sulfonamides is 1. The van der Waals surface area contributed by atoms with Gasteiger partial charge < -0.3 is 5.73 Å². The summed E-state index contributed by atoms with van der Waals surface area (Å²) in [6.07, 6.45) is 1.37. The molecule has 0 saturated carbocycles. The lowest BCUT2D eigenvalue weighted by molar-refractivity contribution is 0.388. The van der Waals surface area contributed by atoms with Gasteiger partial charge in [0.05, 0.1) is 5.02 Å². The zero-order valence-corrected chi connectivity index (χ0v) is 14.1. The van der Waals surface area contributed by atoms with Gasteiger partial charge in [0.2, 0.25) is 10.0 Å². The molecule has 0 radical (unpaired) electrons. The smallest absolute Gasteiger partial charge is 0.242 e. The van der Waals surface area contributed by atoms with Crippen LogP contribution >= 0.6 is 23.8 Å². The fourth-order valence-corrected chi connectivity index (χ4v) is 3.87. The van der Waals surface area contributed by atoms with Crippen molar-refractivity contribution in [1.29, 1.82) is 0 Å². The second-order valence-corrected chi connectivity index (χ2v) is 7.38. The van der Waals surface area contributed by atoms with Gasteiger partial charge in [-0.3, -0.25) is 0 Å². The third kappa shape index (κ3) is 3.91. The SMILES string of the molecule is CCC(C)(CC)NS(=O)(=O)c1ccc(C(N)=S)cc1Cl. The molecule has 4 nitrogen and oxygen atoms in total. The fourth-order valence-electron chi connectivity index (χ4n) is 1.65. The molecule has 0 heterocycles. The average molecular weight is 335 g/mol. The number of hydrogen-bond acceptors (Lipinski definition) is 3. The van der Waals surface area contributed by atoms with Crippen molar-refractivity contribution in [2.75, 3.05) is 0 Å². The van der Waals surface area contributed by atoms with Gasteiger partial charge in [0, 0.05) is 11.1 Å². The summed E-state index contributed by atoms with van der Waals surface area (Å²) in [5, 5.41) is 0.109. The molecule has 0 bridgehead atoms. The van der Waals surface area contributed by atoms with Crippen LogP contribution in [0.4, 0.5) is 0 Å². The highest BCUT2D eigenvalue weighted by molar-refractivity contribution is 7.89. The van der Waals surface area contributed by atoms with Gasteiger partial charge in [0.1, 0.15) is 9.88 Å². The van der Waals surface area contributed by atoms with Crippen molar-refractivity contribution in [3.63, 3.8) is 0 Å². The van der Waals surface area contributed by atoms with Crippen LogP contribution in [0.5, 0.6) is 0 Å². The van der Waals surface area contributed by atoms with E-state index in [0.717, 1.165) is 0 Å². The van der Waals surface area contributed by atoms with E-state index in [1.807, 2.05) is 20.8 Å². The second kappa shape index (κ2) is 6.39. The Morgan fingerprint density at radius 2 is 1.95 bits per heavy atom. The predicted octanol–water partition coefficient (Wildman–Crippen LogP) is 2.83. The third-order valence-electron chi connectivity index (χ3n) is 3.45. The molecule has 0 fully saturated rings. The van der Waals surface area contributed by atoms with Gasteiger partial charge in [-0.1, -0.05) is 43.7 Å². The first-order valence-corrected chi connectivity index (χ1v) is 8.55. The first-order chi connectivity index (χ1) is 9.15. The van der Waals surface area contributed by atoms with Crippen LogP contribution in [0.3, 0.4) is 0 Å². The van der Waals surface area contributed by atoms with Gasteiger partial charge in [0.25, 0.3) is 0 Å². The summed E-state index contributed by atoms with van der Waals surface area (Å²) in [4.78, 5) is 0.211. The van der Waals surface area contributed by atoms with E-state index in [1.165, 1.54) is 12.1 Å². The quantitative estimate of drug-likeness (QED) is 0.785. The van der Waals surface area contributed by atoms with Crippen LogP contribution in [-0.4, -0.2) is 18.9 Å².